The van der Waals surface area contributed by atoms with Crippen molar-refractivity contribution in [2.45, 2.75) is 19.8 Å². The predicted molar refractivity (Wildman–Crippen MR) is 62.7 cm³/mol. The maximum Gasteiger partial charge on any atom is 0.341 e. The molecular formula is C13H15FO4. The second-order valence-electron chi connectivity index (χ2n) is 3.57. The van der Waals surface area contributed by atoms with E-state index < -0.39 is 17.8 Å². The summed E-state index contributed by atoms with van der Waals surface area (Å²) >= 11 is 0. The van der Waals surface area contributed by atoms with E-state index in [1.54, 1.807) is 13.0 Å². The molecule has 0 aliphatic rings. The monoisotopic (exact) mass is 254 g/mol. The van der Waals surface area contributed by atoms with Gasteiger partial charge >= 0.3 is 11.9 Å². The summed E-state index contributed by atoms with van der Waals surface area (Å²) in [5, 5.41) is 0. The molecule has 5 heteroatoms. The van der Waals surface area contributed by atoms with Gasteiger partial charge in [0.1, 0.15) is 5.82 Å². The number of esters is 2. The van der Waals surface area contributed by atoms with Gasteiger partial charge in [0.15, 0.2) is 0 Å². The minimum atomic E-state index is -0.713. The molecule has 0 saturated carbocycles. The summed E-state index contributed by atoms with van der Waals surface area (Å²) in [5.74, 6) is -1.76. The average Bonchev–Trinajstić information content (AvgIpc) is 2.36. The third-order valence-corrected chi connectivity index (χ3v) is 2.41. The van der Waals surface area contributed by atoms with Crippen molar-refractivity contribution in [1.29, 1.82) is 0 Å². The first-order valence-electron chi connectivity index (χ1n) is 5.61. The SMILES string of the molecule is CCOC(=O)c1c(F)cccc1CCC(=O)OC. The van der Waals surface area contributed by atoms with Crippen LogP contribution in [0.5, 0.6) is 0 Å². The fourth-order valence-corrected chi connectivity index (χ4v) is 1.55. The van der Waals surface area contributed by atoms with Gasteiger partial charge in [-0.25, -0.2) is 9.18 Å². The fourth-order valence-electron chi connectivity index (χ4n) is 1.55. The molecule has 0 saturated heterocycles. The molecule has 4 nitrogen and oxygen atoms in total. The zero-order valence-corrected chi connectivity index (χ0v) is 10.4. The molecule has 0 unspecified atom stereocenters. The summed E-state index contributed by atoms with van der Waals surface area (Å²) in [4.78, 5) is 22.7. The van der Waals surface area contributed by atoms with Crippen molar-refractivity contribution < 1.29 is 23.5 Å². The number of benzene rings is 1. The lowest BCUT2D eigenvalue weighted by Crippen LogP contribution is -2.12. The van der Waals surface area contributed by atoms with Crippen molar-refractivity contribution in [2.75, 3.05) is 13.7 Å². The molecule has 0 aliphatic carbocycles. The predicted octanol–water partition coefficient (Wildman–Crippen LogP) is 2.11. The number of carbonyl (C=O) groups is 2. The molecule has 18 heavy (non-hydrogen) atoms. The Bertz CT molecular complexity index is 443. The molecule has 0 aromatic heterocycles. The Kier molecular flexibility index (Phi) is 5.30. The summed E-state index contributed by atoms with van der Waals surface area (Å²) in [6.07, 6.45) is 0.324. The highest BCUT2D eigenvalue weighted by Gasteiger charge is 2.18. The molecule has 0 aliphatic heterocycles. The van der Waals surface area contributed by atoms with Gasteiger partial charge in [0.2, 0.25) is 0 Å². The van der Waals surface area contributed by atoms with Gasteiger partial charge in [0.05, 0.1) is 19.3 Å². The number of aryl methyl sites for hydroxylation is 1. The Labute approximate surface area is 105 Å². The van der Waals surface area contributed by atoms with Crippen LogP contribution in [0.1, 0.15) is 29.3 Å². The number of rotatable bonds is 5. The third kappa shape index (κ3) is 3.55. The molecule has 98 valence electrons. The summed E-state index contributed by atoms with van der Waals surface area (Å²) in [6.45, 7) is 1.82. The zero-order chi connectivity index (χ0) is 13.5. The van der Waals surface area contributed by atoms with Crippen molar-refractivity contribution in [3.63, 3.8) is 0 Å². The number of halogens is 1. The van der Waals surface area contributed by atoms with E-state index in [0.29, 0.717) is 5.56 Å². The van der Waals surface area contributed by atoms with E-state index in [4.69, 9.17) is 4.74 Å². The van der Waals surface area contributed by atoms with Crippen molar-refractivity contribution in [1.82, 2.24) is 0 Å². The lowest BCUT2D eigenvalue weighted by atomic mass is 10.0. The zero-order valence-electron chi connectivity index (χ0n) is 10.4. The van der Waals surface area contributed by atoms with E-state index in [9.17, 15) is 14.0 Å². The van der Waals surface area contributed by atoms with Gasteiger partial charge < -0.3 is 9.47 Å². The molecule has 1 rings (SSSR count). The molecule has 0 radical (unpaired) electrons. The largest absolute Gasteiger partial charge is 0.469 e. The van der Waals surface area contributed by atoms with Gasteiger partial charge in [-0.2, -0.15) is 0 Å². The molecule has 0 fully saturated rings. The van der Waals surface area contributed by atoms with Gasteiger partial charge in [-0.1, -0.05) is 12.1 Å². The van der Waals surface area contributed by atoms with Crippen LogP contribution in [0.2, 0.25) is 0 Å². The molecule has 1 aromatic carbocycles. The first-order chi connectivity index (χ1) is 8.60. The summed E-state index contributed by atoms with van der Waals surface area (Å²) in [7, 11) is 1.28. The number of carbonyl (C=O) groups excluding carboxylic acids is 2. The van der Waals surface area contributed by atoms with E-state index in [1.807, 2.05) is 0 Å². The van der Waals surface area contributed by atoms with Crippen LogP contribution < -0.4 is 0 Å². The quantitative estimate of drug-likeness (QED) is 0.755. The highest BCUT2D eigenvalue weighted by Crippen LogP contribution is 2.17. The van der Waals surface area contributed by atoms with Gasteiger partial charge in [-0.05, 0) is 25.0 Å². The van der Waals surface area contributed by atoms with Gasteiger partial charge in [-0.15, -0.1) is 0 Å². The van der Waals surface area contributed by atoms with Gasteiger partial charge in [0.25, 0.3) is 0 Å². The third-order valence-electron chi connectivity index (χ3n) is 2.41. The second-order valence-corrected chi connectivity index (χ2v) is 3.57. The van der Waals surface area contributed by atoms with Crippen LogP contribution in [0.3, 0.4) is 0 Å². The average molecular weight is 254 g/mol. The Morgan fingerprint density at radius 1 is 1.33 bits per heavy atom. The maximum atomic E-state index is 13.6. The minimum Gasteiger partial charge on any atom is -0.469 e. The van der Waals surface area contributed by atoms with Crippen LogP contribution in [-0.4, -0.2) is 25.7 Å². The Morgan fingerprint density at radius 2 is 2.06 bits per heavy atom. The Balaban J connectivity index is 2.93. The topological polar surface area (TPSA) is 52.6 Å². The van der Waals surface area contributed by atoms with E-state index >= 15 is 0 Å². The summed E-state index contributed by atoms with van der Waals surface area (Å²) in [5.41, 5.74) is 0.335. The fraction of sp³-hybridized carbons (Fsp3) is 0.385. The first-order valence-corrected chi connectivity index (χ1v) is 5.61. The highest BCUT2D eigenvalue weighted by atomic mass is 19.1. The van der Waals surface area contributed by atoms with Crippen LogP contribution in [-0.2, 0) is 20.7 Å². The van der Waals surface area contributed by atoms with Crippen LogP contribution in [0.25, 0.3) is 0 Å². The molecule has 0 spiro atoms. The van der Waals surface area contributed by atoms with Crippen molar-refractivity contribution in [3.8, 4) is 0 Å². The standard InChI is InChI=1S/C13H15FO4/c1-3-18-13(16)12-9(5-4-6-10(12)14)7-8-11(15)17-2/h4-6H,3,7-8H2,1-2H3. The van der Waals surface area contributed by atoms with E-state index in [2.05, 4.69) is 4.74 Å². The van der Waals surface area contributed by atoms with E-state index in [1.165, 1.54) is 19.2 Å². The first kappa shape index (κ1) is 14.2. The normalized spacial score (nSPS) is 9.94. The van der Waals surface area contributed by atoms with Gasteiger partial charge in [-0.3, -0.25) is 4.79 Å². The number of ether oxygens (including phenoxy) is 2. The molecular weight excluding hydrogens is 239 g/mol. The summed E-state index contributed by atoms with van der Waals surface area (Å²) < 4.78 is 22.9. The number of hydrogen-bond donors (Lipinski definition) is 0. The Hall–Kier alpha value is -1.91. The Morgan fingerprint density at radius 3 is 2.67 bits per heavy atom. The van der Waals surface area contributed by atoms with Crippen molar-refractivity contribution in [2.24, 2.45) is 0 Å². The van der Waals surface area contributed by atoms with Crippen LogP contribution in [0, 0.1) is 5.82 Å². The molecule has 1 aromatic rings. The number of methoxy groups -OCH3 is 1. The van der Waals surface area contributed by atoms with Crippen LogP contribution in [0.15, 0.2) is 18.2 Å². The molecule has 0 amide bonds. The highest BCUT2D eigenvalue weighted by molar-refractivity contribution is 5.91. The van der Waals surface area contributed by atoms with E-state index in [-0.39, 0.29) is 25.0 Å². The summed E-state index contributed by atoms with van der Waals surface area (Å²) in [6, 6.07) is 4.27. The van der Waals surface area contributed by atoms with Gasteiger partial charge in [0, 0.05) is 6.42 Å². The number of hydrogen-bond acceptors (Lipinski definition) is 4. The second kappa shape index (κ2) is 6.74. The smallest absolute Gasteiger partial charge is 0.341 e. The van der Waals surface area contributed by atoms with Crippen molar-refractivity contribution >= 4 is 11.9 Å². The van der Waals surface area contributed by atoms with Crippen molar-refractivity contribution in [3.05, 3.63) is 35.1 Å². The lowest BCUT2D eigenvalue weighted by molar-refractivity contribution is -0.140. The molecule has 0 heterocycles. The lowest BCUT2D eigenvalue weighted by Gasteiger charge is -2.09. The maximum absolute atomic E-state index is 13.6. The van der Waals surface area contributed by atoms with E-state index in [0.717, 1.165) is 0 Å². The molecule has 0 N–H and O–H groups in total. The van der Waals surface area contributed by atoms with Crippen LogP contribution >= 0.6 is 0 Å². The van der Waals surface area contributed by atoms with Crippen LogP contribution in [0.4, 0.5) is 4.39 Å². The molecule has 0 bridgehead atoms. The molecule has 0 atom stereocenters. The minimum absolute atomic E-state index is 0.0896.